The van der Waals surface area contributed by atoms with E-state index in [1.54, 1.807) is 7.05 Å². The van der Waals surface area contributed by atoms with Gasteiger partial charge in [0.05, 0.1) is 0 Å². The number of nitrogens with zero attached hydrogens (tertiary/aromatic N) is 2. The van der Waals surface area contributed by atoms with Crippen molar-refractivity contribution in [1.29, 1.82) is 0 Å². The number of rotatable bonds is 6. The molecule has 154 valence electrons. The van der Waals surface area contributed by atoms with Crippen molar-refractivity contribution in [3.63, 3.8) is 0 Å². The quantitative estimate of drug-likeness (QED) is 0.583. The van der Waals surface area contributed by atoms with Gasteiger partial charge in [-0.25, -0.2) is 0 Å². The highest BCUT2D eigenvalue weighted by Crippen LogP contribution is 2.16. The molecule has 2 N–H and O–H groups in total. The summed E-state index contributed by atoms with van der Waals surface area (Å²) >= 11 is 0. The summed E-state index contributed by atoms with van der Waals surface area (Å²) in [6.45, 7) is 4.19. The van der Waals surface area contributed by atoms with Crippen LogP contribution in [-0.4, -0.2) is 43.6 Å². The third kappa shape index (κ3) is 5.81. The van der Waals surface area contributed by atoms with Crippen LogP contribution in [0.2, 0.25) is 0 Å². The van der Waals surface area contributed by atoms with E-state index in [2.05, 4.69) is 51.7 Å². The zero-order chi connectivity index (χ0) is 20.6. The van der Waals surface area contributed by atoms with Crippen LogP contribution in [0.4, 0.5) is 5.69 Å². The van der Waals surface area contributed by atoms with Crippen molar-refractivity contribution in [1.82, 2.24) is 10.2 Å². The molecule has 3 rings (SSSR count). The molecule has 0 spiro atoms. The number of guanidine groups is 1. The Kier molecular flexibility index (Phi) is 7.25. The number of ether oxygens (including phenoxy) is 1. The van der Waals surface area contributed by atoms with E-state index in [-0.39, 0.29) is 12.0 Å². The average molecular weight is 395 g/mol. The van der Waals surface area contributed by atoms with Gasteiger partial charge >= 0.3 is 0 Å². The number of benzene rings is 2. The molecule has 1 amide bonds. The molecule has 0 aromatic heterocycles. The van der Waals surface area contributed by atoms with Crippen LogP contribution in [0.15, 0.2) is 53.5 Å². The van der Waals surface area contributed by atoms with E-state index in [0.717, 1.165) is 36.6 Å². The van der Waals surface area contributed by atoms with Gasteiger partial charge in [0, 0.05) is 39.5 Å². The van der Waals surface area contributed by atoms with Gasteiger partial charge in [-0.3, -0.25) is 9.79 Å². The maximum Gasteiger partial charge on any atom is 0.253 e. The highest BCUT2D eigenvalue weighted by Gasteiger charge is 2.23. The Morgan fingerprint density at radius 3 is 2.79 bits per heavy atom. The first-order chi connectivity index (χ1) is 14.1. The van der Waals surface area contributed by atoms with Gasteiger partial charge in [-0.1, -0.05) is 36.4 Å². The van der Waals surface area contributed by atoms with Crippen molar-refractivity contribution in [2.75, 3.05) is 26.0 Å². The largest absolute Gasteiger partial charge is 0.368 e. The molecule has 1 saturated heterocycles. The van der Waals surface area contributed by atoms with Crippen molar-refractivity contribution in [2.24, 2.45) is 4.99 Å². The third-order valence-electron chi connectivity index (χ3n) is 5.11. The lowest BCUT2D eigenvalue weighted by molar-refractivity contribution is -0.124. The minimum atomic E-state index is -0.328. The number of carbonyl (C=O) groups is 1. The summed E-state index contributed by atoms with van der Waals surface area (Å²) in [6, 6.07) is 16.2. The van der Waals surface area contributed by atoms with E-state index in [9.17, 15) is 4.79 Å². The molecular weight excluding hydrogens is 364 g/mol. The molecule has 6 nitrogen and oxygen atoms in total. The summed E-state index contributed by atoms with van der Waals surface area (Å²) in [5, 5.41) is 6.35. The highest BCUT2D eigenvalue weighted by atomic mass is 16.5. The van der Waals surface area contributed by atoms with Gasteiger partial charge in [0.1, 0.15) is 6.10 Å². The monoisotopic (exact) mass is 394 g/mol. The second kappa shape index (κ2) is 10.1. The SMILES string of the molecule is CN=C(NCc1cccc(NC(=O)C2CCCO2)c1)N(C)Cc1ccccc1C. The van der Waals surface area contributed by atoms with Crippen LogP contribution in [0.3, 0.4) is 0 Å². The van der Waals surface area contributed by atoms with Crippen molar-refractivity contribution in [3.05, 3.63) is 65.2 Å². The van der Waals surface area contributed by atoms with E-state index in [1.807, 2.05) is 31.3 Å². The molecule has 0 radical (unpaired) electrons. The summed E-state index contributed by atoms with van der Waals surface area (Å²) in [5.41, 5.74) is 4.40. The molecule has 1 unspecified atom stereocenters. The minimum Gasteiger partial charge on any atom is -0.368 e. The molecule has 2 aromatic rings. The fourth-order valence-electron chi connectivity index (χ4n) is 3.45. The van der Waals surface area contributed by atoms with E-state index < -0.39 is 0 Å². The van der Waals surface area contributed by atoms with Gasteiger partial charge in [-0.05, 0) is 48.6 Å². The Morgan fingerprint density at radius 1 is 1.24 bits per heavy atom. The van der Waals surface area contributed by atoms with E-state index in [0.29, 0.717) is 13.2 Å². The van der Waals surface area contributed by atoms with Crippen molar-refractivity contribution in [3.8, 4) is 0 Å². The van der Waals surface area contributed by atoms with Gasteiger partial charge in [-0.2, -0.15) is 0 Å². The second-order valence-corrected chi connectivity index (χ2v) is 7.37. The Hall–Kier alpha value is -2.86. The topological polar surface area (TPSA) is 66.0 Å². The first-order valence-electron chi connectivity index (χ1n) is 10.0. The van der Waals surface area contributed by atoms with E-state index in [1.165, 1.54) is 11.1 Å². The first kappa shape index (κ1) is 20.9. The Balaban J connectivity index is 1.56. The predicted molar refractivity (Wildman–Crippen MR) is 117 cm³/mol. The van der Waals surface area contributed by atoms with Crippen LogP contribution in [0.1, 0.15) is 29.5 Å². The van der Waals surface area contributed by atoms with E-state index in [4.69, 9.17) is 4.74 Å². The lowest BCUT2D eigenvalue weighted by Crippen LogP contribution is -2.38. The summed E-state index contributed by atoms with van der Waals surface area (Å²) in [4.78, 5) is 18.8. The Morgan fingerprint density at radius 2 is 2.07 bits per heavy atom. The Labute approximate surface area is 173 Å². The molecule has 1 atom stereocenters. The average Bonchev–Trinajstić information content (AvgIpc) is 3.26. The summed E-state index contributed by atoms with van der Waals surface area (Å²) in [6.07, 6.45) is 1.40. The van der Waals surface area contributed by atoms with Crippen LogP contribution < -0.4 is 10.6 Å². The van der Waals surface area contributed by atoms with Crippen LogP contribution in [0.25, 0.3) is 0 Å². The second-order valence-electron chi connectivity index (χ2n) is 7.37. The normalized spacial score (nSPS) is 16.5. The highest BCUT2D eigenvalue weighted by molar-refractivity contribution is 5.94. The number of hydrogen-bond acceptors (Lipinski definition) is 3. The maximum atomic E-state index is 12.3. The number of aliphatic imine (C=N–C) groups is 1. The summed E-state index contributed by atoms with van der Waals surface area (Å²) in [5.74, 6) is 0.753. The maximum absolute atomic E-state index is 12.3. The molecule has 0 bridgehead atoms. The number of hydrogen-bond donors (Lipinski definition) is 2. The molecule has 1 aliphatic rings. The fraction of sp³-hybridized carbons (Fsp3) is 0.391. The van der Waals surface area contributed by atoms with Crippen molar-refractivity contribution >= 4 is 17.6 Å². The lowest BCUT2D eigenvalue weighted by atomic mass is 10.1. The van der Waals surface area contributed by atoms with Crippen LogP contribution in [-0.2, 0) is 22.6 Å². The number of anilines is 1. The van der Waals surface area contributed by atoms with Crippen molar-refractivity contribution < 1.29 is 9.53 Å². The smallest absolute Gasteiger partial charge is 0.253 e. The van der Waals surface area contributed by atoms with Gasteiger partial charge in [0.15, 0.2) is 5.96 Å². The standard InChI is InChI=1S/C23H30N4O2/c1-17-8-4-5-10-19(17)16-27(3)23(24-2)25-15-18-9-6-11-20(14-18)26-22(28)21-12-7-13-29-21/h4-6,8-11,14,21H,7,12-13,15-16H2,1-3H3,(H,24,25)(H,26,28). The van der Waals surface area contributed by atoms with Gasteiger partial charge in [-0.15, -0.1) is 0 Å². The number of nitrogens with one attached hydrogen (secondary N) is 2. The minimum absolute atomic E-state index is 0.0682. The molecule has 6 heteroatoms. The zero-order valence-electron chi connectivity index (χ0n) is 17.4. The van der Waals surface area contributed by atoms with Crippen molar-refractivity contribution in [2.45, 2.75) is 39.0 Å². The molecule has 1 heterocycles. The summed E-state index contributed by atoms with van der Waals surface area (Å²) in [7, 11) is 3.81. The molecule has 0 saturated carbocycles. The Bertz CT molecular complexity index is 859. The summed E-state index contributed by atoms with van der Waals surface area (Å²) < 4.78 is 5.45. The molecule has 2 aromatic carbocycles. The predicted octanol–water partition coefficient (Wildman–Crippen LogP) is 3.32. The molecule has 29 heavy (non-hydrogen) atoms. The van der Waals surface area contributed by atoms with E-state index >= 15 is 0 Å². The number of amides is 1. The fourth-order valence-corrected chi connectivity index (χ4v) is 3.45. The van der Waals surface area contributed by atoms with Crippen LogP contribution >= 0.6 is 0 Å². The van der Waals surface area contributed by atoms with Gasteiger partial charge < -0.3 is 20.3 Å². The zero-order valence-corrected chi connectivity index (χ0v) is 17.4. The third-order valence-corrected chi connectivity index (χ3v) is 5.11. The number of aryl methyl sites for hydroxylation is 1. The lowest BCUT2D eigenvalue weighted by Gasteiger charge is -2.23. The molecular formula is C23H30N4O2. The molecule has 1 aliphatic heterocycles. The van der Waals surface area contributed by atoms with Crippen LogP contribution in [0, 0.1) is 6.92 Å². The number of carbonyl (C=O) groups excluding carboxylic acids is 1. The molecule has 0 aliphatic carbocycles. The van der Waals surface area contributed by atoms with Gasteiger partial charge in [0.25, 0.3) is 5.91 Å². The molecule has 1 fully saturated rings. The van der Waals surface area contributed by atoms with Crippen LogP contribution in [0.5, 0.6) is 0 Å². The first-order valence-corrected chi connectivity index (χ1v) is 10.0. The van der Waals surface area contributed by atoms with Gasteiger partial charge in [0.2, 0.25) is 0 Å².